The summed E-state index contributed by atoms with van der Waals surface area (Å²) in [6.45, 7) is 3.08. The van der Waals surface area contributed by atoms with Crippen molar-refractivity contribution in [2.75, 3.05) is 36.5 Å². The zero-order chi connectivity index (χ0) is 25.4. The van der Waals surface area contributed by atoms with E-state index in [-0.39, 0.29) is 5.01 Å². The van der Waals surface area contributed by atoms with E-state index in [9.17, 15) is 13.6 Å². The molecule has 6 nitrogen and oxygen atoms in total. The molecule has 2 aromatic carbocycles. The van der Waals surface area contributed by atoms with Crippen molar-refractivity contribution in [3.05, 3.63) is 82.6 Å². The maximum atomic E-state index is 14.1. The quantitative estimate of drug-likeness (QED) is 0.374. The standard InChI is InChI=1S/C28H24F2N4O2S/c29-21-4-2-5-22(30)25(21)33-27(35)28-32-23-6-1-3-17-7-8-18(15-20(17)26(23)37-28)19-9-10-24(31-16-19)34-11-13-36-14-12-34/h2,4-5,7-10,15-16H,1,3,6,11-14H2,(H,33,35). The lowest BCUT2D eigenvalue weighted by atomic mass is 9.98. The van der Waals surface area contributed by atoms with E-state index in [0.717, 1.165) is 77.6 Å². The average molecular weight is 519 g/mol. The molecule has 4 aromatic rings. The van der Waals surface area contributed by atoms with Gasteiger partial charge in [-0.25, -0.2) is 18.7 Å². The van der Waals surface area contributed by atoms with Crippen molar-refractivity contribution in [3.63, 3.8) is 0 Å². The molecule has 1 amide bonds. The summed E-state index contributed by atoms with van der Waals surface area (Å²) >= 11 is 1.25. The lowest BCUT2D eigenvalue weighted by Crippen LogP contribution is -2.36. The summed E-state index contributed by atoms with van der Waals surface area (Å²) in [7, 11) is 0. The Balaban J connectivity index is 1.30. The van der Waals surface area contributed by atoms with Gasteiger partial charge in [0.25, 0.3) is 5.91 Å². The van der Waals surface area contributed by atoms with Gasteiger partial charge in [-0.15, -0.1) is 11.3 Å². The number of anilines is 2. The summed E-state index contributed by atoms with van der Waals surface area (Å²) in [4.78, 5) is 25.3. The number of hydrogen-bond acceptors (Lipinski definition) is 6. The minimum atomic E-state index is -0.824. The Hall–Kier alpha value is -3.69. The molecule has 2 aromatic heterocycles. The molecule has 1 N–H and O–H groups in total. The van der Waals surface area contributed by atoms with Crippen LogP contribution in [-0.4, -0.2) is 42.2 Å². The van der Waals surface area contributed by atoms with Gasteiger partial charge in [-0.2, -0.15) is 0 Å². The Bertz CT molecular complexity index is 1450. The van der Waals surface area contributed by atoms with Crippen LogP contribution < -0.4 is 10.2 Å². The predicted octanol–water partition coefficient (Wildman–Crippen LogP) is 5.73. The summed E-state index contributed by atoms with van der Waals surface area (Å²) in [6, 6.07) is 13.9. The highest BCUT2D eigenvalue weighted by Gasteiger charge is 2.24. The number of aromatic nitrogens is 2. The van der Waals surface area contributed by atoms with Crippen LogP contribution in [0.25, 0.3) is 21.6 Å². The molecule has 2 aliphatic rings. The number of rotatable bonds is 4. The highest BCUT2D eigenvalue weighted by atomic mass is 32.1. The molecule has 0 atom stereocenters. The molecule has 1 aliphatic heterocycles. The van der Waals surface area contributed by atoms with Crippen molar-refractivity contribution in [2.24, 2.45) is 0 Å². The number of ether oxygens (including phenoxy) is 1. The van der Waals surface area contributed by atoms with Crippen molar-refractivity contribution in [1.82, 2.24) is 9.97 Å². The molecule has 1 aliphatic carbocycles. The van der Waals surface area contributed by atoms with E-state index in [1.54, 1.807) is 0 Å². The Morgan fingerprint density at radius 3 is 2.54 bits per heavy atom. The molecule has 1 fully saturated rings. The first-order valence-electron chi connectivity index (χ1n) is 12.2. The zero-order valence-corrected chi connectivity index (χ0v) is 20.8. The van der Waals surface area contributed by atoms with E-state index in [1.165, 1.54) is 23.0 Å². The molecular formula is C28H24F2N4O2S. The highest BCUT2D eigenvalue weighted by Crippen LogP contribution is 2.39. The van der Waals surface area contributed by atoms with E-state index < -0.39 is 23.2 Å². The molecular weight excluding hydrogens is 494 g/mol. The largest absolute Gasteiger partial charge is 0.378 e. The van der Waals surface area contributed by atoms with Gasteiger partial charge in [-0.3, -0.25) is 4.79 Å². The van der Waals surface area contributed by atoms with Crippen molar-refractivity contribution in [3.8, 4) is 21.6 Å². The number of halogens is 2. The Morgan fingerprint density at radius 2 is 1.78 bits per heavy atom. The van der Waals surface area contributed by atoms with Gasteiger partial charge >= 0.3 is 0 Å². The number of aryl methyl sites for hydroxylation is 2. The van der Waals surface area contributed by atoms with Crippen molar-refractivity contribution in [1.29, 1.82) is 0 Å². The summed E-state index contributed by atoms with van der Waals surface area (Å²) in [5.41, 5.74) is 4.63. The smallest absolute Gasteiger partial charge is 0.284 e. The molecule has 0 radical (unpaired) electrons. The van der Waals surface area contributed by atoms with Crippen LogP contribution in [-0.2, 0) is 17.6 Å². The molecule has 1 saturated heterocycles. The second kappa shape index (κ2) is 9.99. The lowest BCUT2D eigenvalue weighted by Gasteiger charge is -2.27. The SMILES string of the molecule is O=C(Nc1c(F)cccc1F)c1nc2c(s1)-c1cc(-c3ccc(N4CCOCC4)nc3)ccc1CCC2. The summed E-state index contributed by atoms with van der Waals surface area (Å²) in [5.74, 6) is -1.33. The third kappa shape index (κ3) is 4.72. The third-order valence-electron chi connectivity index (χ3n) is 6.72. The number of hydrogen-bond donors (Lipinski definition) is 1. The summed E-state index contributed by atoms with van der Waals surface area (Å²) < 4.78 is 33.5. The first kappa shape index (κ1) is 23.7. The van der Waals surface area contributed by atoms with E-state index in [0.29, 0.717) is 13.2 Å². The van der Waals surface area contributed by atoms with Crippen LogP contribution in [0, 0.1) is 11.6 Å². The molecule has 9 heteroatoms. The molecule has 0 bridgehead atoms. The first-order chi connectivity index (χ1) is 18.1. The van der Waals surface area contributed by atoms with Crippen LogP contribution in [0.5, 0.6) is 0 Å². The van der Waals surface area contributed by atoms with Crippen LogP contribution in [0.4, 0.5) is 20.3 Å². The van der Waals surface area contributed by atoms with Crippen LogP contribution in [0.1, 0.15) is 27.5 Å². The normalized spacial score (nSPS) is 15.0. The lowest BCUT2D eigenvalue weighted by molar-refractivity contribution is 0.102. The van der Waals surface area contributed by atoms with E-state index in [1.807, 2.05) is 12.3 Å². The summed E-state index contributed by atoms with van der Waals surface area (Å²) in [6.07, 6.45) is 4.43. The van der Waals surface area contributed by atoms with Crippen molar-refractivity contribution >= 4 is 28.7 Å². The molecule has 0 unspecified atom stereocenters. The molecule has 188 valence electrons. The number of pyridine rings is 1. The Labute approximate surface area is 217 Å². The number of fused-ring (bicyclic) bond motifs is 3. The number of benzene rings is 2. The Kier molecular flexibility index (Phi) is 6.40. The van der Waals surface area contributed by atoms with Gasteiger partial charge in [0.2, 0.25) is 0 Å². The van der Waals surface area contributed by atoms with Crippen LogP contribution in [0.2, 0.25) is 0 Å². The maximum absolute atomic E-state index is 14.1. The minimum Gasteiger partial charge on any atom is -0.378 e. The minimum absolute atomic E-state index is 0.183. The topological polar surface area (TPSA) is 67.4 Å². The van der Waals surface area contributed by atoms with Gasteiger partial charge < -0.3 is 15.0 Å². The van der Waals surface area contributed by atoms with Gasteiger partial charge in [-0.1, -0.05) is 18.2 Å². The maximum Gasteiger partial charge on any atom is 0.284 e. The van der Waals surface area contributed by atoms with Crippen LogP contribution in [0.15, 0.2) is 54.7 Å². The van der Waals surface area contributed by atoms with E-state index in [2.05, 4.69) is 44.5 Å². The molecule has 6 rings (SSSR count). The van der Waals surface area contributed by atoms with Gasteiger partial charge in [0.05, 0.1) is 23.8 Å². The number of para-hydroxylation sites is 1. The molecule has 0 saturated carbocycles. The molecule has 0 spiro atoms. The number of thiazole rings is 1. The number of carbonyl (C=O) groups excluding carboxylic acids is 1. The monoisotopic (exact) mass is 518 g/mol. The van der Waals surface area contributed by atoms with Crippen LogP contribution >= 0.6 is 11.3 Å². The van der Waals surface area contributed by atoms with E-state index in [4.69, 9.17) is 4.74 Å². The fourth-order valence-electron chi connectivity index (χ4n) is 4.78. The van der Waals surface area contributed by atoms with Gasteiger partial charge in [0, 0.05) is 24.8 Å². The second-order valence-corrected chi connectivity index (χ2v) is 10.1. The fourth-order valence-corrected chi connectivity index (χ4v) is 5.84. The third-order valence-corrected chi connectivity index (χ3v) is 7.85. The Morgan fingerprint density at radius 1 is 1.00 bits per heavy atom. The predicted molar refractivity (Wildman–Crippen MR) is 140 cm³/mol. The first-order valence-corrected chi connectivity index (χ1v) is 13.1. The highest BCUT2D eigenvalue weighted by molar-refractivity contribution is 7.17. The van der Waals surface area contributed by atoms with Crippen molar-refractivity contribution in [2.45, 2.75) is 19.3 Å². The number of nitrogens with zero attached hydrogens (tertiary/aromatic N) is 3. The number of amides is 1. The molecule has 37 heavy (non-hydrogen) atoms. The van der Waals surface area contributed by atoms with Gasteiger partial charge in [0.15, 0.2) is 5.01 Å². The van der Waals surface area contributed by atoms with Crippen molar-refractivity contribution < 1.29 is 18.3 Å². The zero-order valence-electron chi connectivity index (χ0n) is 20.0. The number of carbonyl (C=O) groups is 1. The van der Waals surface area contributed by atoms with Gasteiger partial charge in [0.1, 0.15) is 23.1 Å². The number of morpholine rings is 1. The van der Waals surface area contributed by atoms with E-state index >= 15 is 0 Å². The number of nitrogens with one attached hydrogen (secondary N) is 1. The molecule has 3 heterocycles. The van der Waals surface area contributed by atoms with Gasteiger partial charge in [-0.05, 0) is 66.3 Å². The fraction of sp³-hybridized carbons (Fsp3) is 0.250. The van der Waals surface area contributed by atoms with Crippen LogP contribution in [0.3, 0.4) is 0 Å². The second-order valence-electron chi connectivity index (χ2n) is 9.08. The average Bonchev–Trinajstić information content (AvgIpc) is 3.28. The summed E-state index contributed by atoms with van der Waals surface area (Å²) in [5, 5.41) is 2.53.